The molecule has 0 unspecified atom stereocenters. The van der Waals surface area contributed by atoms with Gasteiger partial charge in [-0.2, -0.15) is 0 Å². The van der Waals surface area contributed by atoms with Gasteiger partial charge in [0.1, 0.15) is 24.9 Å². The Morgan fingerprint density at radius 2 is 1.10 bits per heavy atom. The number of aliphatic carboxylic acids is 1. The Labute approximate surface area is 296 Å². The second kappa shape index (κ2) is 16.8. The topological polar surface area (TPSA) is 181 Å². The zero-order valence-corrected chi connectivity index (χ0v) is 29.6. The molecule has 51 heavy (non-hydrogen) atoms. The number of carboxylic acid groups (broad SMARTS) is 1. The van der Waals surface area contributed by atoms with Gasteiger partial charge >= 0.3 is 35.9 Å². The van der Waals surface area contributed by atoms with Crippen molar-refractivity contribution in [3.05, 3.63) is 95.6 Å². The van der Waals surface area contributed by atoms with Crippen LogP contribution in [-0.4, -0.2) is 65.9 Å². The summed E-state index contributed by atoms with van der Waals surface area (Å²) in [7, 11) is 0. The van der Waals surface area contributed by atoms with Crippen molar-refractivity contribution in [1.29, 1.82) is 0 Å². The van der Waals surface area contributed by atoms with Gasteiger partial charge in [0.2, 0.25) is 0 Å². The van der Waals surface area contributed by atoms with Gasteiger partial charge < -0.3 is 34.1 Å². The van der Waals surface area contributed by atoms with Gasteiger partial charge in [-0.3, -0.25) is 9.59 Å². The van der Waals surface area contributed by atoms with Crippen LogP contribution in [-0.2, 0) is 35.0 Å². The van der Waals surface area contributed by atoms with E-state index in [9.17, 15) is 33.9 Å². The third kappa shape index (κ3) is 12.3. The Hall–Kier alpha value is -5.72. The number of carboxylic acids is 1. The fourth-order valence-corrected chi connectivity index (χ4v) is 4.13. The van der Waals surface area contributed by atoms with Crippen molar-refractivity contribution in [2.75, 3.05) is 13.2 Å². The molecule has 0 heterocycles. The minimum atomic E-state index is -1.44. The summed E-state index contributed by atoms with van der Waals surface area (Å²) in [4.78, 5) is 76.2. The Morgan fingerprint density at radius 1 is 0.647 bits per heavy atom. The van der Waals surface area contributed by atoms with Crippen LogP contribution in [0.15, 0.2) is 78.9 Å². The van der Waals surface area contributed by atoms with Gasteiger partial charge in [-0.25, -0.2) is 19.2 Å². The molecule has 3 aromatic rings. The molecular formula is C38H43NO12. The van der Waals surface area contributed by atoms with Crippen LogP contribution in [0.25, 0.3) is 0 Å². The molecule has 0 fully saturated rings. The molecular weight excluding hydrogens is 662 g/mol. The molecule has 13 heteroatoms. The van der Waals surface area contributed by atoms with Crippen LogP contribution in [0.5, 0.6) is 11.5 Å². The maximum Gasteiger partial charge on any atom is 0.408 e. The molecule has 0 aliphatic heterocycles. The number of esters is 4. The lowest BCUT2D eigenvalue weighted by Crippen LogP contribution is -2.44. The molecule has 272 valence electrons. The van der Waals surface area contributed by atoms with Crippen LogP contribution in [0.3, 0.4) is 0 Å². The van der Waals surface area contributed by atoms with Crippen LogP contribution in [0.2, 0.25) is 0 Å². The second-order valence-electron chi connectivity index (χ2n) is 14.0. The number of hydrogen-bond acceptors (Lipinski definition) is 11. The van der Waals surface area contributed by atoms with E-state index in [1.807, 2.05) is 0 Å². The molecule has 0 aromatic heterocycles. The van der Waals surface area contributed by atoms with E-state index in [-0.39, 0.29) is 42.3 Å². The highest BCUT2D eigenvalue weighted by atomic mass is 16.6. The molecule has 0 radical (unpaired) electrons. The summed E-state index contributed by atoms with van der Waals surface area (Å²) in [6, 6.07) is 19.0. The predicted molar refractivity (Wildman–Crippen MR) is 183 cm³/mol. The van der Waals surface area contributed by atoms with Crippen LogP contribution in [0.4, 0.5) is 4.79 Å². The van der Waals surface area contributed by atoms with Crippen LogP contribution in [0, 0.1) is 10.8 Å². The van der Waals surface area contributed by atoms with Crippen LogP contribution in [0.1, 0.15) is 74.7 Å². The van der Waals surface area contributed by atoms with E-state index in [4.69, 9.17) is 23.7 Å². The highest BCUT2D eigenvalue weighted by molar-refractivity contribution is 5.90. The number of carbonyl (C=O) groups excluding carboxylic acids is 5. The molecule has 0 aliphatic carbocycles. The van der Waals surface area contributed by atoms with Gasteiger partial charge in [-0.05, 0) is 90.4 Å². The van der Waals surface area contributed by atoms with Gasteiger partial charge in [0.05, 0.1) is 22.0 Å². The van der Waals surface area contributed by atoms with Gasteiger partial charge in [0, 0.05) is 6.42 Å². The van der Waals surface area contributed by atoms with Crippen LogP contribution >= 0.6 is 0 Å². The maximum absolute atomic E-state index is 13.5. The first-order chi connectivity index (χ1) is 23.8. The molecule has 13 nitrogen and oxygen atoms in total. The number of nitrogens with one attached hydrogen (secondary N) is 1. The smallest absolute Gasteiger partial charge is 0.408 e. The number of alkyl carbamates (subject to hydrolysis) is 1. The number of rotatable bonds is 14. The van der Waals surface area contributed by atoms with E-state index in [1.165, 1.54) is 45.9 Å². The minimum absolute atomic E-state index is 0.205. The van der Waals surface area contributed by atoms with Crippen molar-refractivity contribution in [3.63, 3.8) is 0 Å². The Balaban J connectivity index is 1.85. The average molecular weight is 706 g/mol. The maximum atomic E-state index is 13.5. The van der Waals surface area contributed by atoms with Crippen molar-refractivity contribution >= 4 is 35.9 Å². The SMILES string of the molecule is CC(C)(C)OC(=O)N[C@@H](Cc1ccc(OC(=O)C(C)(C)COC(=O)c2ccccc2)c(OC(=O)C(C)(C)COC(=O)c2ccccc2)c1)C(=O)O. The average Bonchev–Trinajstić information content (AvgIpc) is 3.06. The van der Waals surface area contributed by atoms with Crippen molar-refractivity contribution in [3.8, 4) is 11.5 Å². The molecule has 0 saturated heterocycles. The molecule has 0 bridgehead atoms. The fourth-order valence-electron chi connectivity index (χ4n) is 4.13. The van der Waals surface area contributed by atoms with Gasteiger partial charge in [0.15, 0.2) is 11.5 Å². The van der Waals surface area contributed by atoms with Crippen molar-refractivity contribution in [2.24, 2.45) is 10.8 Å². The molecule has 0 saturated carbocycles. The quantitative estimate of drug-likeness (QED) is 0.117. The monoisotopic (exact) mass is 705 g/mol. The first-order valence-corrected chi connectivity index (χ1v) is 16.0. The fraction of sp³-hybridized carbons (Fsp3) is 0.368. The molecule has 0 spiro atoms. The van der Waals surface area contributed by atoms with E-state index in [0.29, 0.717) is 5.56 Å². The number of benzene rings is 3. The summed E-state index contributed by atoms with van der Waals surface area (Å²) in [5.74, 6) is -4.81. The lowest BCUT2D eigenvalue weighted by atomic mass is 9.95. The highest BCUT2D eigenvalue weighted by Gasteiger charge is 2.36. The first-order valence-electron chi connectivity index (χ1n) is 16.0. The molecule has 3 rings (SSSR count). The third-order valence-electron chi connectivity index (χ3n) is 7.09. The van der Waals surface area contributed by atoms with Gasteiger partial charge in [0.25, 0.3) is 0 Å². The van der Waals surface area contributed by atoms with E-state index < -0.39 is 58.4 Å². The Kier molecular flexibility index (Phi) is 13.1. The lowest BCUT2D eigenvalue weighted by Gasteiger charge is -2.25. The zero-order chi connectivity index (χ0) is 38.0. The molecule has 0 aliphatic rings. The second-order valence-corrected chi connectivity index (χ2v) is 14.0. The van der Waals surface area contributed by atoms with Crippen LogP contribution < -0.4 is 14.8 Å². The highest BCUT2D eigenvalue weighted by Crippen LogP contribution is 2.33. The number of carbonyl (C=O) groups is 6. The molecule has 1 atom stereocenters. The van der Waals surface area contributed by atoms with E-state index in [0.717, 1.165) is 0 Å². The Bertz CT molecular complexity index is 1730. The molecule has 3 aromatic carbocycles. The summed E-state index contributed by atoms with van der Waals surface area (Å²) >= 11 is 0. The van der Waals surface area contributed by atoms with Crippen molar-refractivity contribution < 1.29 is 57.6 Å². The summed E-state index contributed by atoms with van der Waals surface area (Å²) in [6.45, 7) is 10.1. The van der Waals surface area contributed by atoms with Crippen molar-refractivity contribution in [1.82, 2.24) is 5.32 Å². The third-order valence-corrected chi connectivity index (χ3v) is 7.09. The van der Waals surface area contributed by atoms with Crippen molar-refractivity contribution in [2.45, 2.75) is 66.5 Å². The normalized spacial score (nSPS) is 12.1. The van der Waals surface area contributed by atoms with Gasteiger partial charge in [-0.15, -0.1) is 0 Å². The number of ether oxygens (including phenoxy) is 5. The number of amides is 1. The van der Waals surface area contributed by atoms with E-state index >= 15 is 0 Å². The summed E-state index contributed by atoms with van der Waals surface area (Å²) in [6.07, 6.45) is -1.22. The number of hydrogen-bond donors (Lipinski definition) is 2. The minimum Gasteiger partial charge on any atom is -0.480 e. The van der Waals surface area contributed by atoms with Gasteiger partial charge in [-0.1, -0.05) is 42.5 Å². The summed E-state index contributed by atoms with van der Waals surface area (Å²) < 4.78 is 27.2. The zero-order valence-electron chi connectivity index (χ0n) is 29.6. The lowest BCUT2D eigenvalue weighted by molar-refractivity contribution is -0.149. The summed E-state index contributed by atoms with van der Waals surface area (Å²) in [5, 5.41) is 12.1. The summed E-state index contributed by atoms with van der Waals surface area (Å²) in [5.41, 5.74) is -2.77. The molecule has 2 N–H and O–H groups in total. The molecule has 1 amide bonds. The largest absolute Gasteiger partial charge is 0.480 e. The Morgan fingerprint density at radius 3 is 1.53 bits per heavy atom. The van der Waals surface area contributed by atoms with E-state index in [2.05, 4.69) is 5.32 Å². The van der Waals surface area contributed by atoms with E-state index in [1.54, 1.807) is 81.4 Å². The predicted octanol–water partition coefficient (Wildman–Crippen LogP) is 5.78. The first kappa shape index (κ1) is 39.7. The standard InChI is InChI=1S/C38H43NO12/c1-36(2,3)51-35(46)39-27(30(40)41)20-24-18-19-28(49-33(44)37(4,5)22-47-31(42)25-14-10-8-11-15-25)29(21-24)50-34(45)38(6,7)23-48-32(43)26-16-12-9-13-17-26/h8-19,21,27H,20,22-23H2,1-7H3,(H,39,46)(H,40,41)/t27-/m0/s1.